The minimum atomic E-state index is 0.381. The van der Waals surface area contributed by atoms with Gasteiger partial charge in [0.2, 0.25) is 0 Å². The lowest BCUT2D eigenvalue weighted by molar-refractivity contribution is -0.107. The van der Waals surface area contributed by atoms with Crippen LogP contribution in [-0.4, -0.2) is 15.8 Å². The highest BCUT2D eigenvalue weighted by Gasteiger charge is 2.20. The number of ether oxygens (including phenoxy) is 1. The fourth-order valence-corrected chi connectivity index (χ4v) is 2.17. The maximum Gasteiger partial charge on any atom is 0.151 e. The molecule has 0 spiro atoms. The van der Waals surface area contributed by atoms with Gasteiger partial charge in [-0.1, -0.05) is 12.1 Å². The van der Waals surface area contributed by atoms with Gasteiger partial charge in [-0.05, 0) is 13.0 Å². The predicted octanol–water partition coefficient (Wildman–Crippen LogP) is 1.81. The van der Waals surface area contributed by atoms with Gasteiger partial charge in [0.05, 0.1) is 11.4 Å². The second-order valence-electron chi connectivity index (χ2n) is 4.09. The number of carbonyl (C=O) groups excluding carboxylic acids is 1. The number of fused-ring (bicyclic) bond motifs is 3. The summed E-state index contributed by atoms with van der Waals surface area (Å²) in [4.78, 5) is 15.0. The SMILES string of the molecule is Cc1cn2c(n1)COc1c(CC=O)cccc1-2. The molecular formula is C13H12N2O2. The Morgan fingerprint density at radius 3 is 3.24 bits per heavy atom. The first-order chi connectivity index (χ1) is 8.29. The fourth-order valence-electron chi connectivity index (χ4n) is 2.17. The molecule has 1 aromatic heterocycles. The van der Waals surface area contributed by atoms with E-state index in [1.165, 1.54) is 0 Å². The third-order valence-electron chi connectivity index (χ3n) is 2.88. The number of aromatic nitrogens is 2. The molecule has 0 amide bonds. The second kappa shape index (κ2) is 3.73. The molecule has 1 aromatic carbocycles. The normalized spacial score (nSPS) is 12.5. The third-order valence-corrected chi connectivity index (χ3v) is 2.88. The third kappa shape index (κ3) is 1.53. The van der Waals surface area contributed by atoms with Crippen LogP contribution in [0.2, 0.25) is 0 Å². The number of hydrogen-bond donors (Lipinski definition) is 0. The Bertz CT molecular complexity index is 587. The molecule has 3 rings (SSSR count). The van der Waals surface area contributed by atoms with Crippen molar-refractivity contribution in [2.24, 2.45) is 0 Å². The minimum absolute atomic E-state index is 0.381. The Hall–Kier alpha value is -2.10. The highest BCUT2D eigenvalue weighted by Crippen LogP contribution is 2.33. The Morgan fingerprint density at radius 1 is 1.53 bits per heavy atom. The largest absolute Gasteiger partial charge is 0.483 e. The first-order valence-corrected chi connectivity index (χ1v) is 5.53. The molecule has 86 valence electrons. The van der Waals surface area contributed by atoms with Crippen molar-refractivity contribution < 1.29 is 9.53 Å². The topological polar surface area (TPSA) is 44.1 Å². The summed E-state index contributed by atoms with van der Waals surface area (Å²) in [5.74, 6) is 1.70. The van der Waals surface area contributed by atoms with Gasteiger partial charge in [0.25, 0.3) is 0 Å². The molecule has 1 aliphatic heterocycles. The van der Waals surface area contributed by atoms with Crippen LogP contribution in [0.4, 0.5) is 0 Å². The van der Waals surface area contributed by atoms with Crippen LogP contribution in [0, 0.1) is 6.92 Å². The van der Waals surface area contributed by atoms with E-state index >= 15 is 0 Å². The van der Waals surface area contributed by atoms with Gasteiger partial charge < -0.3 is 9.53 Å². The van der Waals surface area contributed by atoms with Crippen molar-refractivity contribution in [3.05, 3.63) is 41.5 Å². The van der Waals surface area contributed by atoms with Crippen molar-refractivity contribution in [3.8, 4) is 11.4 Å². The van der Waals surface area contributed by atoms with Crippen molar-refractivity contribution in [1.82, 2.24) is 9.55 Å². The molecule has 0 radical (unpaired) electrons. The van der Waals surface area contributed by atoms with E-state index in [2.05, 4.69) is 4.98 Å². The van der Waals surface area contributed by atoms with E-state index in [4.69, 9.17) is 4.74 Å². The van der Waals surface area contributed by atoms with Crippen LogP contribution in [0.5, 0.6) is 5.75 Å². The number of para-hydroxylation sites is 1. The summed E-state index contributed by atoms with van der Waals surface area (Å²) in [6, 6.07) is 5.83. The zero-order chi connectivity index (χ0) is 11.8. The van der Waals surface area contributed by atoms with Gasteiger partial charge in [-0.25, -0.2) is 4.98 Å². The first-order valence-electron chi connectivity index (χ1n) is 5.53. The van der Waals surface area contributed by atoms with Gasteiger partial charge >= 0.3 is 0 Å². The van der Waals surface area contributed by atoms with Crippen molar-refractivity contribution in [3.63, 3.8) is 0 Å². The standard InChI is InChI=1S/C13H12N2O2/c1-9-7-15-11-4-2-3-10(5-6-16)13(11)17-8-12(15)14-9/h2-4,6-7H,5,8H2,1H3. The smallest absolute Gasteiger partial charge is 0.151 e. The summed E-state index contributed by atoms with van der Waals surface area (Å²) in [7, 11) is 0. The molecule has 0 aliphatic carbocycles. The first kappa shape index (κ1) is 10.1. The summed E-state index contributed by atoms with van der Waals surface area (Å²) < 4.78 is 7.73. The summed E-state index contributed by atoms with van der Waals surface area (Å²) in [5, 5.41) is 0. The molecule has 0 saturated carbocycles. The molecule has 2 heterocycles. The molecule has 0 N–H and O–H groups in total. The van der Waals surface area contributed by atoms with Crippen LogP contribution in [0.25, 0.3) is 5.69 Å². The molecular weight excluding hydrogens is 216 g/mol. The molecule has 0 unspecified atom stereocenters. The molecule has 17 heavy (non-hydrogen) atoms. The summed E-state index contributed by atoms with van der Waals surface area (Å²) in [6.07, 6.45) is 3.27. The number of rotatable bonds is 2. The van der Waals surface area contributed by atoms with E-state index in [1.807, 2.05) is 35.9 Å². The maximum absolute atomic E-state index is 10.6. The molecule has 0 fully saturated rings. The number of benzene rings is 1. The average Bonchev–Trinajstić information content (AvgIpc) is 2.70. The number of aryl methyl sites for hydroxylation is 1. The van der Waals surface area contributed by atoms with Crippen LogP contribution >= 0.6 is 0 Å². The summed E-state index contributed by atoms with van der Waals surface area (Å²) in [5.41, 5.74) is 2.86. The summed E-state index contributed by atoms with van der Waals surface area (Å²) >= 11 is 0. The van der Waals surface area contributed by atoms with Crippen LogP contribution < -0.4 is 4.74 Å². The van der Waals surface area contributed by atoms with Gasteiger partial charge in [-0.2, -0.15) is 0 Å². The molecule has 4 nitrogen and oxygen atoms in total. The number of nitrogens with zero attached hydrogens (tertiary/aromatic N) is 2. The van der Waals surface area contributed by atoms with E-state index in [-0.39, 0.29) is 0 Å². The zero-order valence-corrected chi connectivity index (χ0v) is 9.51. The van der Waals surface area contributed by atoms with Crippen molar-refractivity contribution in [2.75, 3.05) is 0 Å². The number of carbonyl (C=O) groups is 1. The zero-order valence-electron chi connectivity index (χ0n) is 9.51. The Balaban J connectivity index is 2.19. The Kier molecular flexibility index (Phi) is 2.21. The fraction of sp³-hybridized carbons (Fsp3) is 0.231. The highest BCUT2D eigenvalue weighted by molar-refractivity contribution is 5.62. The van der Waals surface area contributed by atoms with Crippen LogP contribution in [0.1, 0.15) is 17.1 Å². The van der Waals surface area contributed by atoms with E-state index in [9.17, 15) is 4.79 Å². The van der Waals surface area contributed by atoms with Crippen molar-refractivity contribution in [1.29, 1.82) is 0 Å². The lowest BCUT2D eigenvalue weighted by Crippen LogP contribution is -2.14. The van der Waals surface area contributed by atoms with E-state index in [0.717, 1.165) is 34.8 Å². The molecule has 4 heteroatoms. The van der Waals surface area contributed by atoms with Gasteiger partial charge in [0.1, 0.15) is 18.6 Å². The number of hydrogen-bond acceptors (Lipinski definition) is 3. The van der Waals surface area contributed by atoms with Crippen LogP contribution in [-0.2, 0) is 17.8 Å². The van der Waals surface area contributed by atoms with E-state index < -0.39 is 0 Å². The Morgan fingerprint density at radius 2 is 2.41 bits per heavy atom. The van der Waals surface area contributed by atoms with Gasteiger partial charge in [-0.15, -0.1) is 0 Å². The monoisotopic (exact) mass is 228 g/mol. The molecule has 1 aliphatic rings. The van der Waals surface area contributed by atoms with Crippen molar-refractivity contribution >= 4 is 6.29 Å². The average molecular weight is 228 g/mol. The molecule has 0 bridgehead atoms. The van der Waals surface area contributed by atoms with Gasteiger partial charge in [0.15, 0.2) is 5.82 Å². The summed E-state index contributed by atoms with van der Waals surface area (Å²) in [6.45, 7) is 2.41. The lowest BCUT2D eigenvalue weighted by atomic mass is 10.1. The highest BCUT2D eigenvalue weighted by atomic mass is 16.5. The van der Waals surface area contributed by atoms with Gasteiger partial charge in [-0.3, -0.25) is 4.57 Å². The molecule has 2 aromatic rings. The van der Waals surface area contributed by atoms with Crippen molar-refractivity contribution in [2.45, 2.75) is 20.0 Å². The predicted molar refractivity (Wildman–Crippen MR) is 62.4 cm³/mol. The maximum atomic E-state index is 10.6. The molecule has 0 saturated heterocycles. The quantitative estimate of drug-likeness (QED) is 0.736. The second-order valence-corrected chi connectivity index (χ2v) is 4.09. The van der Waals surface area contributed by atoms with E-state index in [0.29, 0.717) is 13.0 Å². The minimum Gasteiger partial charge on any atom is -0.483 e. The number of aldehydes is 1. The van der Waals surface area contributed by atoms with Gasteiger partial charge in [0, 0.05) is 18.2 Å². The number of imidazole rings is 1. The van der Waals surface area contributed by atoms with Crippen LogP contribution in [0.15, 0.2) is 24.4 Å². The molecule has 0 atom stereocenters. The van der Waals surface area contributed by atoms with E-state index in [1.54, 1.807) is 0 Å². The van der Waals surface area contributed by atoms with Crippen LogP contribution in [0.3, 0.4) is 0 Å². The lowest BCUT2D eigenvalue weighted by Gasteiger charge is -2.21. The Labute approximate surface area is 98.9 Å².